The van der Waals surface area contributed by atoms with Crippen LogP contribution in [0.2, 0.25) is 0 Å². The Morgan fingerprint density at radius 1 is 1.00 bits per heavy atom. The van der Waals surface area contributed by atoms with Crippen molar-refractivity contribution in [3.63, 3.8) is 0 Å². The van der Waals surface area contributed by atoms with E-state index in [-0.39, 0.29) is 41.3 Å². The lowest BCUT2D eigenvalue weighted by Gasteiger charge is -2.35. The number of nitrogens with one attached hydrogen (secondary N) is 1. The molecule has 2 atom stereocenters. The van der Waals surface area contributed by atoms with Crippen LogP contribution in [0.25, 0.3) is 33.8 Å². The molecule has 2 fully saturated rings. The second-order valence-corrected chi connectivity index (χ2v) is 16.9. The molecule has 2 aromatic heterocycles. The number of allylic oxidation sites excluding steroid dienone is 1. The number of morpholine rings is 1. The van der Waals surface area contributed by atoms with Gasteiger partial charge < -0.3 is 18.9 Å². The predicted octanol–water partition coefficient (Wildman–Crippen LogP) is 5.88. The molecule has 2 unspecified atom stereocenters. The van der Waals surface area contributed by atoms with Crippen LogP contribution in [-0.2, 0) is 21.5 Å². The van der Waals surface area contributed by atoms with Crippen molar-refractivity contribution in [3.05, 3.63) is 64.5 Å². The number of methoxy groups -OCH3 is 1. The van der Waals surface area contributed by atoms with Crippen LogP contribution >= 0.6 is 0 Å². The topological polar surface area (TPSA) is 141 Å². The third-order valence-corrected chi connectivity index (χ3v) is 12.1. The quantitative estimate of drug-likeness (QED) is 0.236. The fraction of sp³-hybridized carbons (Fsp3) is 0.487. The molecule has 1 N–H and O–H groups in total. The summed E-state index contributed by atoms with van der Waals surface area (Å²) in [6.45, 7) is 9.20. The number of aromatic nitrogens is 4. The first-order valence-corrected chi connectivity index (χ1v) is 19.9. The number of hydrogen-bond acceptors (Lipinski definition) is 8. The summed E-state index contributed by atoms with van der Waals surface area (Å²) in [5.74, 6) is 0.0747. The average molecular weight is 744 g/mol. The molecule has 2 aliphatic heterocycles. The first kappa shape index (κ1) is 36.8. The minimum atomic E-state index is -4.02. The monoisotopic (exact) mass is 743 g/mol. The van der Waals surface area contributed by atoms with Gasteiger partial charge in [0.1, 0.15) is 5.75 Å². The van der Waals surface area contributed by atoms with Crippen molar-refractivity contribution in [3.8, 4) is 17.0 Å². The molecule has 3 aliphatic rings. The Morgan fingerprint density at radius 2 is 1.72 bits per heavy atom. The van der Waals surface area contributed by atoms with Gasteiger partial charge in [-0.25, -0.2) is 9.40 Å². The SMILES string of the molecule is COc1ccc2c(c1)C=C(c1c(C(=O)N3CC(C)OC(C)C3)nnn1C(C)C)Cn1c-2c(C2CCCCC2)c2ccc(C(=O)NS(=O)(=O)N(C)C)cc21. The summed E-state index contributed by atoms with van der Waals surface area (Å²) >= 11 is 0. The maximum absolute atomic E-state index is 14.4. The van der Waals surface area contributed by atoms with E-state index < -0.39 is 16.1 Å². The highest BCUT2D eigenvalue weighted by Gasteiger charge is 2.35. The van der Waals surface area contributed by atoms with Crippen molar-refractivity contribution < 1.29 is 27.5 Å². The molecule has 282 valence electrons. The first-order valence-electron chi connectivity index (χ1n) is 18.5. The zero-order chi connectivity index (χ0) is 37.8. The lowest BCUT2D eigenvalue weighted by Crippen LogP contribution is -2.48. The second-order valence-electron chi connectivity index (χ2n) is 15.0. The Morgan fingerprint density at radius 3 is 2.38 bits per heavy atom. The van der Waals surface area contributed by atoms with E-state index >= 15 is 0 Å². The largest absolute Gasteiger partial charge is 0.497 e. The van der Waals surface area contributed by atoms with E-state index in [1.807, 2.05) is 50.6 Å². The summed E-state index contributed by atoms with van der Waals surface area (Å²) in [6, 6.07) is 11.4. The normalized spacial score (nSPS) is 19.6. The van der Waals surface area contributed by atoms with E-state index in [0.29, 0.717) is 31.1 Å². The van der Waals surface area contributed by atoms with Crippen LogP contribution in [0.3, 0.4) is 0 Å². The highest BCUT2D eigenvalue weighted by molar-refractivity contribution is 7.87. The number of amides is 2. The van der Waals surface area contributed by atoms with Crippen molar-refractivity contribution in [1.82, 2.24) is 33.5 Å². The highest BCUT2D eigenvalue weighted by Crippen LogP contribution is 2.48. The number of carbonyl (C=O) groups excluding carboxylic acids is 2. The highest BCUT2D eigenvalue weighted by atomic mass is 32.2. The summed E-state index contributed by atoms with van der Waals surface area (Å²) in [6.07, 6.45) is 7.41. The van der Waals surface area contributed by atoms with Gasteiger partial charge in [0.15, 0.2) is 5.69 Å². The molecular weight excluding hydrogens is 695 g/mol. The van der Waals surface area contributed by atoms with E-state index in [2.05, 4.69) is 31.7 Å². The lowest BCUT2D eigenvalue weighted by atomic mass is 9.81. The zero-order valence-corrected chi connectivity index (χ0v) is 32.4. The molecule has 4 aromatic rings. The van der Waals surface area contributed by atoms with Gasteiger partial charge in [-0.3, -0.25) is 9.59 Å². The Bertz CT molecular complexity index is 2200. The van der Waals surface area contributed by atoms with Crippen LogP contribution < -0.4 is 9.46 Å². The van der Waals surface area contributed by atoms with Crippen LogP contribution in [0.5, 0.6) is 5.75 Å². The predicted molar refractivity (Wildman–Crippen MR) is 204 cm³/mol. The van der Waals surface area contributed by atoms with Crippen LogP contribution in [0.4, 0.5) is 0 Å². The van der Waals surface area contributed by atoms with Gasteiger partial charge in [0.05, 0.1) is 37.3 Å². The fourth-order valence-corrected chi connectivity index (χ4v) is 8.72. The average Bonchev–Trinajstić information content (AvgIpc) is 3.66. The number of hydrogen-bond donors (Lipinski definition) is 1. The number of ether oxygens (including phenoxy) is 2. The van der Waals surface area contributed by atoms with E-state index in [1.54, 1.807) is 24.1 Å². The molecule has 0 radical (unpaired) electrons. The van der Waals surface area contributed by atoms with Crippen LogP contribution in [0.15, 0.2) is 36.4 Å². The van der Waals surface area contributed by atoms with Gasteiger partial charge in [0, 0.05) is 60.8 Å². The second kappa shape index (κ2) is 14.4. The van der Waals surface area contributed by atoms with Crippen molar-refractivity contribution in [2.24, 2.45) is 0 Å². The van der Waals surface area contributed by atoms with Crippen molar-refractivity contribution in [2.75, 3.05) is 34.3 Å². The van der Waals surface area contributed by atoms with Crippen molar-refractivity contribution >= 4 is 44.6 Å². The first-order chi connectivity index (χ1) is 25.3. The van der Waals surface area contributed by atoms with Gasteiger partial charge in [-0.1, -0.05) is 30.5 Å². The van der Waals surface area contributed by atoms with Crippen LogP contribution in [0, 0.1) is 0 Å². The number of nitrogens with zero attached hydrogens (tertiary/aromatic N) is 6. The molecule has 4 heterocycles. The standard InChI is InChI=1S/C39H49N7O6S/c1-23(2)46-36(35(40-42-46)39(48)44-20-24(3)52-25(4)21-44)29-17-28-18-30(51-7)14-16-31(28)37-34(26-11-9-8-10-12-26)32-15-13-27(19-33(32)45(37)22-29)38(47)41-53(49,50)43(5)6/h13-19,23-26H,8-12,20-22H2,1-7H3,(H,41,47). The van der Waals surface area contributed by atoms with E-state index in [0.717, 1.165) is 63.3 Å². The molecule has 13 nitrogen and oxygen atoms in total. The molecule has 2 aromatic carbocycles. The molecule has 0 spiro atoms. The molecule has 1 saturated carbocycles. The minimum Gasteiger partial charge on any atom is -0.497 e. The van der Waals surface area contributed by atoms with Gasteiger partial charge in [-0.2, -0.15) is 12.7 Å². The summed E-state index contributed by atoms with van der Waals surface area (Å²) < 4.78 is 44.2. The molecule has 14 heteroatoms. The number of benzene rings is 2. The molecular formula is C39H49N7O6S. The third-order valence-electron chi connectivity index (χ3n) is 10.7. The molecule has 1 saturated heterocycles. The molecule has 53 heavy (non-hydrogen) atoms. The van der Waals surface area contributed by atoms with Gasteiger partial charge in [0.2, 0.25) is 0 Å². The van der Waals surface area contributed by atoms with Gasteiger partial charge in [-0.15, -0.1) is 5.10 Å². The minimum absolute atomic E-state index is 0.108. The van der Waals surface area contributed by atoms with Gasteiger partial charge in [-0.05, 0) is 94.0 Å². The van der Waals surface area contributed by atoms with Crippen LogP contribution in [-0.4, -0.2) is 95.5 Å². The summed E-state index contributed by atoms with van der Waals surface area (Å²) in [5.41, 5.74) is 6.95. The van der Waals surface area contributed by atoms with E-state index in [9.17, 15) is 18.0 Å². The molecule has 7 rings (SSSR count). The summed E-state index contributed by atoms with van der Waals surface area (Å²) in [7, 11) is 0.380. The van der Waals surface area contributed by atoms with E-state index in [1.165, 1.54) is 26.1 Å². The van der Waals surface area contributed by atoms with Crippen molar-refractivity contribution in [2.45, 2.75) is 90.5 Å². The lowest BCUT2D eigenvalue weighted by molar-refractivity contribution is -0.0587. The third kappa shape index (κ3) is 6.88. The summed E-state index contributed by atoms with van der Waals surface area (Å²) in [5, 5.41) is 10.1. The fourth-order valence-electron chi connectivity index (χ4n) is 8.19. The van der Waals surface area contributed by atoms with Gasteiger partial charge in [0.25, 0.3) is 11.8 Å². The smallest absolute Gasteiger partial charge is 0.303 e. The zero-order valence-electron chi connectivity index (χ0n) is 31.5. The molecule has 0 bridgehead atoms. The number of rotatable bonds is 8. The van der Waals surface area contributed by atoms with Gasteiger partial charge >= 0.3 is 10.2 Å². The Kier molecular flexibility index (Phi) is 9.98. The Balaban J connectivity index is 1.46. The number of carbonyl (C=O) groups is 2. The van der Waals surface area contributed by atoms with Crippen LogP contribution in [0.1, 0.15) is 109 Å². The maximum atomic E-state index is 14.4. The van der Waals surface area contributed by atoms with Crippen molar-refractivity contribution in [1.29, 1.82) is 0 Å². The Hall–Kier alpha value is -4.53. The number of fused-ring (bicyclic) bond motifs is 5. The van der Waals surface area contributed by atoms with E-state index in [4.69, 9.17) is 9.47 Å². The maximum Gasteiger partial charge on any atom is 0.303 e. The molecule has 1 aliphatic carbocycles. The molecule has 2 amide bonds. The Labute approximate surface area is 311 Å². The summed E-state index contributed by atoms with van der Waals surface area (Å²) in [4.78, 5) is 29.7.